The third-order valence-electron chi connectivity index (χ3n) is 2.54. The predicted octanol–water partition coefficient (Wildman–Crippen LogP) is 2.13. The van der Waals surface area contributed by atoms with Gasteiger partial charge in [-0.3, -0.25) is 9.59 Å². The summed E-state index contributed by atoms with van der Waals surface area (Å²) < 4.78 is 4.92. The summed E-state index contributed by atoms with van der Waals surface area (Å²) >= 11 is 3.07. The molecule has 0 rings (SSSR count). The molecule has 0 spiro atoms. The lowest BCUT2D eigenvalue weighted by molar-refractivity contribution is -0.169. The highest BCUT2D eigenvalue weighted by Crippen LogP contribution is 2.31. The number of carboxylic acid groups (broad SMARTS) is 1. The number of hydrogen-bond acceptors (Lipinski definition) is 5. The van der Waals surface area contributed by atoms with E-state index >= 15 is 0 Å². The van der Waals surface area contributed by atoms with Gasteiger partial charge in [0.2, 0.25) is 0 Å². The Balaban J connectivity index is 4.93. The van der Waals surface area contributed by atoms with E-state index in [9.17, 15) is 14.7 Å². The number of aliphatic carboxylic acids is 1. The van der Waals surface area contributed by atoms with Crippen LogP contribution in [0.2, 0.25) is 0 Å². The third-order valence-corrected chi connectivity index (χ3v) is 3.77. The molecule has 17 heavy (non-hydrogen) atoms. The number of carboxylic acids is 1. The molecule has 0 bridgehead atoms. The maximum Gasteiger partial charge on any atom is 0.323 e. The van der Waals surface area contributed by atoms with Crippen molar-refractivity contribution in [3.8, 4) is 0 Å². The maximum absolute atomic E-state index is 11.9. The number of thioether (sulfide) groups is 2. The molecule has 0 aromatic carbocycles. The molecule has 0 aromatic heterocycles. The first-order valence-electron chi connectivity index (χ1n) is 5.43. The van der Waals surface area contributed by atoms with Gasteiger partial charge < -0.3 is 9.84 Å². The van der Waals surface area contributed by atoms with Gasteiger partial charge in [0, 0.05) is 0 Å². The van der Waals surface area contributed by atoms with E-state index in [-0.39, 0.29) is 6.61 Å². The summed E-state index contributed by atoms with van der Waals surface area (Å²) in [6.45, 7) is 1.90. The fraction of sp³-hybridized carbons (Fsp3) is 0.818. The molecule has 0 atom stereocenters. The molecule has 0 amide bonds. The van der Waals surface area contributed by atoms with Crippen molar-refractivity contribution in [3.05, 3.63) is 0 Å². The van der Waals surface area contributed by atoms with Gasteiger partial charge in [-0.15, -0.1) is 0 Å². The van der Waals surface area contributed by atoms with Gasteiger partial charge in [-0.25, -0.2) is 0 Å². The van der Waals surface area contributed by atoms with E-state index in [0.717, 1.165) is 0 Å². The molecule has 0 radical (unpaired) electrons. The molecule has 1 N–H and O–H groups in total. The summed E-state index contributed by atoms with van der Waals surface area (Å²) in [5, 5.41) is 9.35. The zero-order valence-electron chi connectivity index (χ0n) is 10.5. The lowest BCUT2D eigenvalue weighted by atomic mass is 9.82. The van der Waals surface area contributed by atoms with Crippen molar-refractivity contribution in [1.29, 1.82) is 0 Å². The van der Waals surface area contributed by atoms with Crippen LogP contribution >= 0.6 is 23.5 Å². The molecule has 6 heteroatoms. The molecule has 0 aromatic rings. The van der Waals surface area contributed by atoms with E-state index in [0.29, 0.717) is 24.3 Å². The average molecular weight is 280 g/mol. The standard InChI is InChI=1S/C11H20O4S2/c1-4-15-10(14)11(9(12)13,5-7-16-2)6-8-17-3/h4-8H2,1-3H3,(H,12,13). The number of carbonyl (C=O) groups is 2. The largest absolute Gasteiger partial charge is 0.480 e. The molecular weight excluding hydrogens is 260 g/mol. The van der Waals surface area contributed by atoms with E-state index in [4.69, 9.17) is 4.74 Å². The second kappa shape index (κ2) is 8.69. The molecule has 0 aliphatic carbocycles. The Morgan fingerprint density at radius 1 is 1.18 bits per heavy atom. The van der Waals surface area contributed by atoms with Gasteiger partial charge in [0.1, 0.15) is 0 Å². The second-order valence-electron chi connectivity index (χ2n) is 3.59. The van der Waals surface area contributed by atoms with E-state index in [2.05, 4.69) is 0 Å². The van der Waals surface area contributed by atoms with Crippen LogP contribution in [0, 0.1) is 5.41 Å². The normalized spacial score (nSPS) is 11.2. The third kappa shape index (κ3) is 4.79. The van der Waals surface area contributed by atoms with Crippen molar-refractivity contribution in [2.24, 2.45) is 5.41 Å². The van der Waals surface area contributed by atoms with Crippen LogP contribution < -0.4 is 0 Å². The first kappa shape index (κ1) is 16.6. The molecule has 0 aliphatic rings. The predicted molar refractivity (Wildman–Crippen MR) is 72.7 cm³/mol. The van der Waals surface area contributed by atoms with Crippen LogP contribution in [0.5, 0.6) is 0 Å². The Morgan fingerprint density at radius 2 is 1.65 bits per heavy atom. The molecule has 0 aliphatic heterocycles. The number of esters is 1. The summed E-state index contributed by atoms with van der Waals surface area (Å²) in [5.41, 5.74) is -1.37. The Bertz CT molecular complexity index is 248. The minimum atomic E-state index is -1.37. The minimum Gasteiger partial charge on any atom is -0.480 e. The Morgan fingerprint density at radius 3 is 1.94 bits per heavy atom. The second-order valence-corrected chi connectivity index (χ2v) is 5.56. The van der Waals surface area contributed by atoms with Crippen molar-refractivity contribution in [2.45, 2.75) is 19.8 Å². The fourth-order valence-electron chi connectivity index (χ4n) is 1.45. The van der Waals surface area contributed by atoms with Gasteiger partial charge in [-0.05, 0) is 43.8 Å². The Labute approximate surface area is 111 Å². The van der Waals surface area contributed by atoms with E-state index in [1.54, 1.807) is 6.92 Å². The van der Waals surface area contributed by atoms with Crippen LogP contribution in [-0.4, -0.2) is 47.7 Å². The topological polar surface area (TPSA) is 63.6 Å². The van der Waals surface area contributed by atoms with Crippen molar-refractivity contribution in [2.75, 3.05) is 30.6 Å². The maximum atomic E-state index is 11.9. The first-order valence-corrected chi connectivity index (χ1v) is 8.22. The summed E-state index contributed by atoms with van der Waals surface area (Å²) in [7, 11) is 0. The van der Waals surface area contributed by atoms with Crippen molar-refractivity contribution in [3.63, 3.8) is 0 Å². The van der Waals surface area contributed by atoms with Gasteiger partial charge in [0.05, 0.1) is 6.61 Å². The lowest BCUT2D eigenvalue weighted by Gasteiger charge is -2.26. The van der Waals surface area contributed by atoms with Crippen LogP contribution in [0.4, 0.5) is 0 Å². The molecule has 0 heterocycles. The number of carbonyl (C=O) groups excluding carboxylic acids is 1. The number of ether oxygens (including phenoxy) is 1. The average Bonchev–Trinajstić information content (AvgIpc) is 2.29. The van der Waals surface area contributed by atoms with E-state index in [1.807, 2.05) is 12.5 Å². The molecule has 0 unspecified atom stereocenters. The highest BCUT2D eigenvalue weighted by molar-refractivity contribution is 7.98. The summed E-state index contributed by atoms with van der Waals surface area (Å²) in [6, 6.07) is 0. The smallest absolute Gasteiger partial charge is 0.323 e. The Hall–Kier alpha value is -0.360. The first-order chi connectivity index (χ1) is 8.05. The molecular formula is C11H20O4S2. The van der Waals surface area contributed by atoms with Crippen LogP contribution in [-0.2, 0) is 14.3 Å². The highest BCUT2D eigenvalue weighted by atomic mass is 32.2. The summed E-state index contributed by atoms with van der Waals surface area (Å²) in [6.07, 6.45) is 4.43. The zero-order valence-corrected chi connectivity index (χ0v) is 12.2. The quantitative estimate of drug-likeness (QED) is 0.515. The summed E-state index contributed by atoms with van der Waals surface area (Å²) in [5.74, 6) is -0.395. The van der Waals surface area contributed by atoms with Crippen LogP contribution in [0.1, 0.15) is 19.8 Å². The minimum absolute atomic E-state index is 0.215. The van der Waals surface area contributed by atoms with Crippen molar-refractivity contribution < 1.29 is 19.4 Å². The van der Waals surface area contributed by atoms with Gasteiger partial charge in [-0.2, -0.15) is 23.5 Å². The zero-order chi connectivity index (χ0) is 13.3. The number of rotatable bonds is 9. The summed E-state index contributed by atoms with van der Waals surface area (Å²) in [4.78, 5) is 23.3. The van der Waals surface area contributed by atoms with Crippen LogP contribution in [0.15, 0.2) is 0 Å². The van der Waals surface area contributed by atoms with Gasteiger partial charge in [0.15, 0.2) is 5.41 Å². The molecule has 0 saturated heterocycles. The molecule has 4 nitrogen and oxygen atoms in total. The van der Waals surface area contributed by atoms with Gasteiger partial charge >= 0.3 is 11.9 Å². The van der Waals surface area contributed by atoms with Crippen molar-refractivity contribution in [1.82, 2.24) is 0 Å². The molecule has 0 saturated carbocycles. The molecule has 0 fully saturated rings. The number of hydrogen-bond donors (Lipinski definition) is 1. The van der Waals surface area contributed by atoms with E-state index in [1.165, 1.54) is 23.5 Å². The highest BCUT2D eigenvalue weighted by Gasteiger charge is 2.46. The van der Waals surface area contributed by atoms with Crippen LogP contribution in [0.25, 0.3) is 0 Å². The van der Waals surface area contributed by atoms with Crippen LogP contribution in [0.3, 0.4) is 0 Å². The van der Waals surface area contributed by atoms with Gasteiger partial charge in [-0.1, -0.05) is 0 Å². The van der Waals surface area contributed by atoms with Crippen molar-refractivity contribution >= 4 is 35.5 Å². The Kier molecular flexibility index (Phi) is 8.51. The lowest BCUT2D eigenvalue weighted by Crippen LogP contribution is -2.42. The SMILES string of the molecule is CCOC(=O)C(CCSC)(CCSC)C(=O)O. The molecule has 100 valence electrons. The van der Waals surface area contributed by atoms with E-state index < -0.39 is 17.4 Å². The monoisotopic (exact) mass is 280 g/mol. The fourth-order valence-corrected chi connectivity index (χ4v) is 2.56. The van der Waals surface area contributed by atoms with Gasteiger partial charge in [0.25, 0.3) is 0 Å².